The number of pyridine rings is 1. The third-order valence-electron chi connectivity index (χ3n) is 5.77. The Bertz CT molecular complexity index is 976. The van der Waals surface area contributed by atoms with E-state index < -0.39 is 0 Å². The van der Waals surface area contributed by atoms with Crippen LogP contribution in [0, 0.1) is 11.8 Å². The summed E-state index contributed by atoms with van der Waals surface area (Å²) in [6.07, 6.45) is 4.49. The van der Waals surface area contributed by atoms with E-state index >= 15 is 0 Å². The molecule has 1 fully saturated rings. The second-order valence-electron chi connectivity index (χ2n) is 8.33. The van der Waals surface area contributed by atoms with Crippen LogP contribution in [0.3, 0.4) is 0 Å². The zero-order valence-electron chi connectivity index (χ0n) is 17.7. The van der Waals surface area contributed by atoms with Crippen LogP contribution in [0.15, 0.2) is 54.5 Å². The van der Waals surface area contributed by atoms with E-state index in [1.54, 1.807) is 19.5 Å². The predicted molar refractivity (Wildman–Crippen MR) is 114 cm³/mol. The lowest BCUT2D eigenvalue weighted by atomic mass is 9.91. The van der Waals surface area contributed by atoms with Crippen molar-refractivity contribution in [3.05, 3.63) is 65.6 Å². The van der Waals surface area contributed by atoms with Gasteiger partial charge in [-0.15, -0.1) is 0 Å². The first-order valence-electron chi connectivity index (χ1n) is 10.4. The van der Waals surface area contributed by atoms with Gasteiger partial charge in [-0.3, -0.25) is 19.5 Å². The first-order valence-corrected chi connectivity index (χ1v) is 10.4. The van der Waals surface area contributed by atoms with Gasteiger partial charge < -0.3 is 9.64 Å². The average Bonchev–Trinajstić information content (AvgIpc) is 2.98. The Labute approximate surface area is 177 Å². The number of nitrogens with zero attached hydrogens (tertiary/aromatic N) is 3. The van der Waals surface area contributed by atoms with Gasteiger partial charge in [0.2, 0.25) is 0 Å². The van der Waals surface area contributed by atoms with Gasteiger partial charge in [0.25, 0.3) is 11.8 Å². The van der Waals surface area contributed by atoms with Crippen molar-refractivity contribution in [3.63, 3.8) is 0 Å². The second kappa shape index (κ2) is 8.30. The molecule has 6 nitrogen and oxygen atoms in total. The third-order valence-corrected chi connectivity index (χ3v) is 5.77. The molecular weight excluding hydrogens is 378 g/mol. The smallest absolute Gasteiger partial charge is 0.278 e. The second-order valence-corrected chi connectivity index (χ2v) is 8.33. The van der Waals surface area contributed by atoms with Crippen LogP contribution in [0.25, 0.3) is 5.57 Å². The number of carbonyl (C=O) groups is 2. The van der Waals surface area contributed by atoms with Gasteiger partial charge in [0.1, 0.15) is 11.4 Å². The van der Waals surface area contributed by atoms with Gasteiger partial charge in [0, 0.05) is 31.0 Å². The number of likely N-dealkylation sites (tertiary alicyclic amines) is 1. The standard InChI is InChI=1S/C24H27N3O3/c1-16-11-17(2)14-26(13-16)22-21(19-8-4-5-9-20(19)30-3)23(28)27(24(22)29)15-18-7-6-10-25-12-18/h4-10,12,16-17H,11,13-15H2,1-3H3. The monoisotopic (exact) mass is 405 g/mol. The highest BCUT2D eigenvalue weighted by atomic mass is 16.5. The molecule has 2 amide bonds. The van der Waals surface area contributed by atoms with Gasteiger partial charge in [-0.25, -0.2) is 0 Å². The van der Waals surface area contributed by atoms with Gasteiger partial charge in [0.15, 0.2) is 0 Å². The van der Waals surface area contributed by atoms with Gasteiger partial charge >= 0.3 is 0 Å². The van der Waals surface area contributed by atoms with E-state index in [1.165, 1.54) is 4.90 Å². The summed E-state index contributed by atoms with van der Waals surface area (Å²) in [7, 11) is 1.58. The SMILES string of the molecule is COc1ccccc1C1=C(N2CC(C)CC(C)C2)C(=O)N(Cc2cccnc2)C1=O. The lowest BCUT2D eigenvalue weighted by molar-refractivity contribution is -0.138. The molecule has 4 rings (SSSR count). The summed E-state index contributed by atoms with van der Waals surface area (Å²) in [6.45, 7) is 6.12. The van der Waals surface area contributed by atoms with Crippen LogP contribution in [0.5, 0.6) is 5.75 Å². The zero-order valence-corrected chi connectivity index (χ0v) is 17.7. The maximum Gasteiger partial charge on any atom is 0.278 e. The molecule has 0 saturated carbocycles. The van der Waals surface area contributed by atoms with Gasteiger partial charge in [0.05, 0.1) is 19.2 Å². The van der Waals surface area contributed by atoms with E-state index in [-0.39, 0.29) is 18.4 Å². The first-order chi connectivity index (χ1) is 14.5. The molecular formula is C24H27N3O3. The number of imide groups is 1. The van der Waals surface area contributed by atoms with Crippen molar-refractivity contribution < 1.29 is 14.3 Å². The van der Waals surface area contributed by atoms with Crippen LogP contribution in [0.1, 0.15) is 31.4 Å². The lowest BCUT2D eigenvalue weighted by Crippen LogP contribution is -2.41. The third kappa shape index (κ3) is 3.70. The fraction of sp³-hybridized carbons (Fsp3) is 0.375. The summed E-state index contributed by atoms with van der Waals surface area (Å²) in [6, 6.07) is 11.1. The number of hydrogen-bond acceptors (Lipinski definition) is 5. The molecule has 6 heteroatoms. The topological polar surface area (TPSA) is 62.7 Å². The van der Waals surface area contributed by atoms with E-state index in [0.717, 1.165) is 25.1 Å². The van der Waals surface area contributed by atoms with Crippen molar-refractivity contribution in [1.82, 2.24) is 14.8 Å². The van der Waals surface area contributed by atoms with E-state index in [0.29, 0.717) is 34.4 Å². The minimum absolute atomic E-state index is 0.201. The van der Waals surface area contributed by atoms with Crippen LogP contribution in [-0.4, -0.2) is 46.8 Å². The molecule has 156 valence electrons. The molecule has 1 aromatic carbocycles. The lowest BCUT2D eigenvalue weighted by Gasteiger charge is -2.37. The number of aromatic nitrogens is 1. The molecule has 0 aliphatic carbocycles. The van der Waals surface area contributed by atoms with E-state index in [9.17, 15) is 9.59 Å². The van der Waals surface area contributed by atoms with Crippen LogP contribution < -0.4 is 4.74 Å². The minimum Gasteiger partial charge on any atom is -0.496 e. The first kappa shape index (κ1) is 20.1. The highest BCUT2D eigenvalue weighted by molar-refractivity contribution is 6.35. The maximum atomic E-state index is 13.6. The molecule has 1 saturated heterocycles. The van der Waals surface area contributed by atoms with Crippen molar-refractivity contribution in [2.75, 3.05) is 20.2 Å². The molecule has 2 aromatic rings. The number of piperidine rings is 1. The minimum atomic E-state index is -0.283. The van der Waals surface area contributed by atoms with E-state index in [4.69, 9.17) is 4.74 Å². The highest BCUT2D eigenvalue weighted by Crippen LogP contribution is 2.38. The normalized spacial score (nSPS) is 22.1. The Balaban J connectivity index is 1.80. The van der Waals surface area contributed by atoms with Crippen molar-refractivity contribution >= 4 is 17.4 Å². The van der Waals surface area contributed by atoms with Crippen LogP contribution in [0.4, 0.5) is 0 Å². The molecule has 2 aliphatic heterocycles. The average molecular weight is 405 g/mol. The summed E-state index contributed by atoms with van der Waals surface area (Å²) in [5.41, 5.74) is 2.41. The summed E-state index contributed by atoms with van der Waals surface area (Å²) >= 11 is 0. The summed E-state index contributed by atoms with van der Waals surface area (Å²) in [4.78, 5) is 34.7. The number of carbonyl (C=O) groups excluding carboxylic acids is 2. The molecule has 1 aromatic heterocycles. The number of ether oxygens (including phenoxy) is 1. The Morgan fingerprint density at radius 1 is 1.03 bits per heavy atom. The largest absolute Gasteiger partial charge is 0.496 e. The number of amides is 2. The molecule has 2 unspecified atom stereocenters. The molecule has 0 radical (unpaired) electrons. The van der Waals surface area contributed by atoms with Gasteiger partial charge in [-0.1, -0.05) is 38.1 Å². The summed E-state index contributed by atoms with van der Waals surface area (Å²) in [5, 5.41) is 0. The number of para-hydroxylation sites is 1. The van der Waals surface area contributed by atoms with Crippen LogP contribution in [-0.2, 0) is 16.1 Å². The van der Waals surface area contributed by atoms with Crippen LogP contribution in [0.2, 0.25) is 0 Å². The molecule has 3 heterocycles. The zero-order chi connectivity index (χ0) is 21.3. The van der Waals surface area contributed by atoms with Crippen molar-refractivity contribution in [2.24, 2.45) is 11.8 Å². The summed E-state index contributed by atoms with van der Waals surface area (Å²) < 4.78 is 5.53. The number of rotatable bonds is 5. The van der Waals surface area contributed by atoms with Gasteiger partial charge in [-0.05, 0) is 36.0 Å². The van der Waals surface area contributed by atoms with Crippen molar-refractivity contribution in [2.45, 2.75) is 26.8 Å². The summed E-state index contributed by atoms with van der Waals surface area (Å²) in [5.74, 6) is 0.971. The Hall–Kier alpha value is -3.15. The Morgan fingerprint density at radius 2 is 1.77 bits per heavy atom. The predicted octanol–water partition coefficient (Wildman–Crippen LogP) is 3.35. The van der Waals surface area contributed by atoms with Crippen LogP contribution >= 0.6 is 0 Å². The molecule has 2 aliphatic rings. The maximum absolute atomic E-state index is 13.6. The Kier molecular flexibility index (Phi) is 5.57. The fourth-order valence-electron chi connectivity index (χ4n) is 4.61. The molecule has 2 atom stereocenters. The fourth-order valence-corrected chi connectivity index (χ4v) is 4.61. The highest BCUT2D eigenvalue weighted by Gasteiger charge is 2.43. The van der Waals surface area contributed by atoms with Gasteiger partial charge in [-0.2, -0.15) is 0 Å². The molecule has 0 spiro atoms. The molecule has 30 heavy (non-hydrogen) atoms. The van der Waals surface area contributed by atoms with E-state index in [1.807, 2.05) is 36.4 Å². The molecule has 0 N–H and O–H groups in total. The van der Waals surface area contributed by atoms with Crippen molar-refractivity contribution in [3.8, 4) is 5.75 Å². The molecule has 0 bridgehead atoms. The van der Waals surface area contributed by atoms with E-state index in [2.05, 4.69) is 23.7 Å². The number of benzene rings is 1. The quantitative estimate of drug-likeness (QED) is 0.714. The Morgan fingerprint density at radius 3 is 2.43 bits per heavy atom. The number of hydrogen-bond donors (Lipinski definition) is 0. The van der Waals surface area contributed by atoms with Crippen molar-refractivity contribution in [1.29, 1.82) is 0 Å². The number of methoxy groups -OCH3 is 1.